The summed E-state index contributed by atoms with van der Waals surface area (Å²) in [5.41, 5.74) is 1.94. The summed E-state index contributed by atoms with van der Waals surface area (Å²) in [5.74, 6) is 0.0686. The molecule has 2 N–H and O–H groups in total. The highest BCUT2D eigenvalue weighted by Gasteiger charge is 2.14. The molecule has 122 valence electrons. The second-order valence-electron chi connectivity index (χ2n) is 4.98. The highest BCUT2D eigenvalue weighted by molar-refractivity contribution is 9.10. The molecule has 0 aliphatic rings. The number of phenolic OH excluding ortho intramolecular Hbond substituents is 1. The van der Waals surface area contributed by atoms with Gasteiger partial charge in [-0.3, -0.25) is 0 Å². The molecule has 0 aliphatic heterocycles. The van der Waals surface area contributed by atoms with Crippen molar-refractivity contribution < 1.29 is 13.5 Å². The number of aryl methyl sites for hydroxylation is 1. The van der Waals surface area contributed by atoms with Gasteiger partial charge < -0.3 is 5.11 Å². The van der Waals surface area contributed by atoms with Gasteiger partial charge in [0.15, 0.2) is 0 Å². The summed E-state index contributed by atoms with van der Waals surface area (Å²) in [5, 5.41) is 13.9. The van der Waals surface area contributed by atoms with Crippen molar-refractivity contribution in [1.82, 2.24) is 4.83 Å². The lowest BCUT2D eigenvalue weighted by Gasteiger charge is -2.09. The van der Waals surface area contributed by atoms with Gasteiger partial charge in [-0.15, -0.1) is 0 Å². The number of benzene rings is 2. The van der Waals surface area contributed by atoms with E-state index in [1.165, 1.54) is 12.1 Å². The second kappa shape index (κ2) is 7.14. The number of nitrogens with one attached hydrogen (secondary N) is 1. The van der Waals surface area contributed by atoms with E-state index in [0.29, 0.717) is 17.7 Å². The van der Waals surface area contributed by atoms with Crippen LogP contribution in [-0.2, 0) is 10.0 Å². The largest absolute Gasteiger partial charge is 0.507 e. The number of nitrogens with zero attached hydrogens (tertiary/aromatic N) is 1. The Morgan fingerprint density at radius 2 is 1.87 bits per heavy atom. The van der Waals surface area contributed by atoms with Crippen LogP contribution in [0.15, 0.2) is 56.9 Å². The van der Waals surface area contributed by atoms with E-state index in [1.807, 2.05) is 13.8 Å². The Morgan fingerprint density at radius 1 is 1.22 bits per heavy atom. The fourth-order valence-electron chi connectivity index (χ4n) is 1.99. The van der Waals surface area contributed by atoms with Crippen molar-refractivity contribution in [2.24, 2.45) is 5.10 Å². The Morgan fingerprint density at radius 3 is 2.48 bits per heavy atom. The molecular weight excluding hydrogens is 380 g/mol. The quantitative estimate of drug-likeness (QED) is 0.598. The molecule has 5 nitrogen and oxygen atoms in total. The molecule has 0 aliphatic carbocycles. The van der Waals surface area contributed by atoms with E-state index >= 15 is 0 Å². The zero-order chi connectivity index (χ0) is 17.0. The van der Waals surface area contributed by atoms with Gasteiger partial charge in [-0.25, -0.2) is 0 Å². The summed E-state index contributed by atoms with van der Waals surface area (Å²) in [6.45, 7) is 3.73. The monoisotopic (exact) mass is 396 g/mol. The van der Waals surface area contributed by atoms with Crippen LogP contribution < -0.4 is 4.83 Å². The molecule has 2 aromatic carbocycles. The third kappa shape index (κ3) is 4.33. The van der Waals surface area contributed by atoms with Crippen molar-refractivity contribution in [3.05, 3.63) is 58.1 Å². The summed E-state index contributed by atoms with van der Waals surface area (Å²) in [4.78, 5) is 2.34. The smallest absolute Gasteiger partial charge is 0.276 e. The van der Waals surface area contributed by atoms with E-state index in [9.17, 15) is 13.5 Å². The molecule has 0 spiro atoms. The first-order chi connectivity index (χ1) is 10.8. The van der Waals surface area contributed by atoms with Gasteiger partial charge in [-0.1, -0.05) is 34.5 Å². The van der Waals surface area contributed by atoms with E-state index < -0.39 is 10.0 Å². The molecule has 0 unspecified atom stereocenters. The normalized spacial score (nSPS) is 12.2. The topological polar surface area (TPSA) is 78.8 Å². The highest BCUT2D eigenvalue weighted by atomic mass is 79.9. The third-order valence-electron chi connectivity index (χ3n) is 3.22. The van der Waals surface area contributed by atoms with Crippen LogP contribution in [-0.4, -0.2) is 19.2 Å². The fraction of sp³-hybridized carbons (Fsp3) is 0.188. The summed E-state index contributed by atoms with van der Waals surface area (Å²) in [6, 6.07) is 11.4. The lowest BCUT2D eigenvalue weighted by Crippen LogP contribution is -2.20. The molecule has 0 heterocycles. The Balaban J connectivity index is 2.32. The lowest BCUT2D eigenvalue weighted by atomic mass is 10.0. The van der Waals surface area contributed by atoms with Crippen LogP contribution in [0.5, 0.6) is 5.75 Å². The first-order valence-corrected chi connectivity index (χ1v) is 9.25. The van der Waals surface area contributed by atoms with Crippen molar-refractivity contribution in [1.29, 1.82) is 0 Å². The Kier molecular flexibility index (Phi) is 5.43. The standard InChI is InChI=1S/C16H17BrN2O3S/c1-3-15(14-10-11(2)4-9-16(14)20)18-19-23(21,22)13-7-5-12(17)6-8-13/h4-10,19-20H,3H2,1-2H3/b18-15+. The number of sulfonamides is 1. The van der Waals surface area contributed by atoms with Crippen LogP contribution >= 0.6 is 15.9 Å². The number of phenols is 1. The number of hydrogen-bond acceptors (Lipinski definition) is 4. The van der Waals surface area contributed by atoms with Crippen molar-refractivity contribution >= 4 is 31.7 Å². The first-order valence-electron chi connectivity index (χ1n) is 6.97. The number of rotatable bonds is 5. The third-order valence-corrected chi connectivity index (χ3v) is 4.98. The van der Waals surface area contributed by atoms with Crippen molar-refractivity contribution in [3.63, 3.8) is 0 Å². The van der Waals surface area contributed by atoms with E-state index in [-0.39, 0.29) is 10.6 Å². The van der Waals surface area contributed by atoms with Crippen molar-refractivity contribution in [2.75, 3.05) is 0 Å². The van der Waals surface area contributed by atoms with Crippen LogP contribution in [0.25, 0.3) is 0 Å². The summed E-state index contributed by atoms with van der Waals surface area (Å²) in [6.07, 6.45) is 0.472. The van der Waals surface area contributed by atoms with E-state index in [4.69, 9.17) is 0 Å². The number of hydrogen-bond donors (Lipinski definition) is 2. The summed E-state index contributed by atoms with van der Waals surface area (Å²) in [7, 11) is -3.75. The average molecular weight is 397 g/mol. The minimum Gasteiger partial charge on any atom is -0.507 e. The maximum Gasteiger partial charge on any atom is 0.276 e. The minimum absolute atomic E-state index is 0.0686. The van der Waals surface area contributed by atoms with Crippen LogP contribution in [0.4, 0.5) is 0 Å². The molecule has 0 fully saturated rings. The number of halogens is 1. The SMILES string of the molecule is CC/C(=N\NS(=O)(=O)c1ccc(Br)cc1)c1cc(C)ccc1O. The molecule has 2 rings (SSSR count). The molecule has 2 aromatic rings. The van der Waals surface area contributed by atoms with Gasteiger partial charge >= 0.3 is 0 Å². The summed E-state index contributed by atoms with van der Waals surface area (Å²) >= 11 is 3.26. The van der Waals surface area contributed by atoms with Crippen molar-refractivity contribution in [3.8, 4) is 5.75 Å². The van der Waals surface area contributed by atoms with E-state index in [0.717, 1.165) is 10.0 Å². The van der Waals surface area contributed by atoms with Gasteiger partial charge in [-0.05, 0) is 49.7 Å². The van der Waals surface area contributed by atoms with Gasteiger partial charge in [0.05, 0.1) is 10.6 Å². The molecule has 0 saturated carbocycles. The molecule has 23 heavy (non-hydrogen) atoms. The van der Waals surface area contributed by atoms with Gasteiger partial charge in [0.1, 0.15) is 5.75 Å². The molecule has 0 saturated heterocycles. The Bertz CT molecular complexity index is 831. The Labute approximate surface area is 144 Å². The molecule has 0 bridgehead atoms. The Hall–Kier alpha value is -1.86. The predicted octanol–water partition coefficient (Wildman–Crippen LogP) is 3.56. The maximum atomic E-state index is 12.3. The van der Waals surface area contributed by atoms with Crippen LogP contribution in [0.3, 0.4) is 0 Å². The van der Waals surface area contributed by atoms with E-state index in [1.54, 1.807) is 30.3 Å². The van der Waals surface area contributed by atoms with Crippen LogP contribution in [0.1, 0.15) is 24.5 Å². The molecule has 0 aromatic heterocycles. The molecular formula is C16H17BrN2O3S. The van der Waals surface area contributed by atoms with Crippen molar-refractivity contribution in [2.45, 2.75) is 25.2 Å². The number of aromatic hydroxyl groups is 1. The average Bonchev–Trinajstić information content (AvgIpc) is 2.51. The molecule has 0 radical (unpaired) electrons. The maximum absolute atomic E-state index is 12.3. The predicted molar refractivity (Wildman–Crippen MR) is 94.1 cm³/mol. The molecule has 7 heteroatoms. The minimum atomic E-state index is -3.75. The van der Waals surface area contributed by atoms with Gasteiger partial charge in [0.2, 0.25) is 0 Å². The zero-order valence-electron chi connectivity index (χ0n) is 12.7. The van der Waals surface area contributed by atoms with Gasteiger partial charge in [0, 0.05) is 10.0 Å². The van der Waals surface area contributed by atoms with Crippen LogP contribution in [0.2, 0.25) is 0 Å². The first kappa shape index (κ1) is 17.5. The highest BCUT2D eigenvalue weighted by Crippen LogP contribution is 2.21. The van der Waals surface area contributed by atoms with Gasteiger partial charge in [-0.2, -0.15) is 18.4 Å². The fourth-order valence-corrected chi connectivity index (χ4v) is 3.09. The summed E-state index contributed by atoms with van der Waals surface area (Å²) < 4.78 is 25.3. The molecule has 0 amide bonds. The van der Waals surface area contributed by atoms with Crippen LogP contribution in [0, 0.1) is 6.92 Å². The molecule has 0 atom stereocenters. The second-order valence-corrected chi connectivity index (χ2v) is 7.56. The lowest BCUT2D eigenvalue weighted by molar-refractivity contribution is 0.473. The number of hydrazone groups is 1. The van der Waals surface area contributed by atoms with Gasteiger partial charge in [0.25, 0.3) is 10.0 Å². The zero-order valence-corrected chi connectivity index (χ0v) is 15.1. The van der Waals surface area contributed by atoms with E-state index in [2.05, 4.69) is 25.9 Å².